The summed E-state index contributed by atoms with van der Waals surface area (Å²) in [5.74, 6) is 1.21. The molecule has 68 valence electrons. The van der Waals surface area contributed by atoms with Gasteiger partial charge < -0.3 is 10.1 Å². The predicted octanol–water partition coefficient (Wildman–Crippen LogP) is 1.84. The van der Waals surface area contributed by atoms with E-state index in [1.165, 1.54) is 11.3 Å². The molecule has 1 atom stereocenters. The minimum absolute atomic E-state index is 0. The fraction of sp³-hybridized carbons (Fsp3) is 0.600. The maximum absolute atomic E-state index is 5.60. The molecule has 1 N–H and O–H groups in total. The van der Waals surface area contributed by atoms with Gasteiger partial charge in [-0.15, -0.1) is 0 Å². The molecule has 2 nitrogen and oxygen atoms in total. The Morgan fingerprint density at radius 2 is 2.58 bits per heavy atom. The van der Waals surface area contributed by atoms with E-state index in [4.69, 9.17) is 4.74 Å². The van der Waals surface area contributed by atoms with Crippen LogP contribution in [0.3, 0.4) is 0 Å². The lowest BCUT2D eigenvalue weighted by Gasteiger charge is -2.28. The Kier molecular flexibility index (Phi) is 2.17. The van der Waals surface area contributed by atoms with Crippen LogP contribution in [-0.4, -0.2) is 19.7 Å². The number of ether oxygens (including phenoxy) is 1. The normalized spacial score (nSPS) is 28.2. The third-order valence-electron chi connectivity index (χ3n) is 2.56. The van der Waals surface area contributed by atoms with E-state index in [1.807, 2.05) is 7.05 Å². The molecule has 1 aliphatic carbocycles. The molecule has 1 aliphatic heterocycles. The van der Waals surface area contributed by atoms with Gasteiger partial charge in [-0.2, -0.15) is 0 Å². The number of nitrogens with one attached hydrogen (secondary N) is 1. The van der Waals surface area contributed by atoms with Crippen LogP contribution in [0, 0.1) is 0 Å². The van der Waals surface area contributed by atoms with Crippen LogP contribution in [0.5, 0.6) is 0 Å². The van der Waals surface area contributed by atoms with Gasteiger partial charge in [0.2, 0.25) is 0 Å². The van der Waals surface area contributed by atoms with Crippen molar-refractivity contribution in [3.05, 3.63) is 23.5 Å². The molecule has 0 amide bonds. The molecule has 0 radical (unpaired) electrons. The van der Waals surface area contributed by atoms with Crippen molar-refractivity contribution in [2.24, 2.45) is 0 Å². The van der Waals surface area contributed by atoms with Crippen molar-refractivity contribution in [3.8, 4) is 0 Å². The molecule has 0 fully saturated rings. The zero-order valence-electron chi connectivity index (χ0n) is 7.47. The van der Waals surface area contributed by atoms with E-state index in [0.717, 1.165) is 25.9 Å². The summed E-state index contributed by atoms with van der Waals surface area (Å²) in [6.45, 7) is 0.873. The first-order valence-electron chi connectivity index (χ1n) is 4.61. The maximum atomic E-state index is 5.60. The Morgan fingerprint density at radius 3 is 3.42 bits per heavy atom. The van der Waals surface area contributed by atoms with Crippen LogP contribution >= 0.6 is 0 Å². The molecular formula is C10H17NO. The lowest BCUT2D eigenvalue weighted by molar-refractivity contribution is 0.166. The monoisotopic (exact) mass is 167 g/mol. The minimum atomic E-state index is 0. The summed E-state index contributed by atoms with van der Waals surface area (Å²) in [5, 5.41) is 3.31. The highest BCUT2D eigenvalue weighted by Gasteiger charge is 2.22. The molecule has 0 unspecified atom stereocenters. The van der Waals surface area contributed by atoms with Gasteiger partial charge in [0.05, 0.1) is 6.61 Å². The van der Waals surface area contributed by atoms with Gasteiger partial charge in [-0.05, 0) is 13.5 Å². The van der Waals surface area contributed by atoms with E-state index in [2.05, 4.69) is 17.5 Å². The molecule has 2 rings (SSSR count). The Morgan fingerprint density at radius 1 is 1.67 bits per heavy atom. The van der Waals surface area contributed by atoms with Crippen molar-refractivity contribution in [2.45, 2.75) is 25.3 Å². The number of hydrogen-bond acceptors (Lipinski definition) is 2. The first-order valence-corrected chi connectivity index (χ1v) is 4.61. The van der Waals surface area contributed by atoms with E-state index in [1.54, 1.807) is 0 Å². The first-order chi connectivity index (χ1) is 5.92. The second-order valence-corrected chi connectivity index (χ2v) is 3.30. The maximum Gasteiger partial charge on any atom is 0.101 e. The topological polar surface area (TPSA) is 21.3 Å². The largest absolute Gasteiger partial charge is 0.498 e. The second-order valence-electron chi connectivity index (χ2n) is 3.30. The average molecular weight is 167 g/mol. The summed E-state index contributed by atoms with van der Waals surface area (Å²) < 4.78 is 5.60. The van der Waals surface area contributed by atoms with E-state index < -0.39 is 0 Å². The lowest BCUT2D eigenvalue weighted by atomic mass is 9.94. The van der Waals surface area contributed by atoms with Gasteiger partial charge in [0.25, 0.3) is 0 Å². The SMILES string of the molecule is CN[C@@H]1CCOC2=C1C=CCC2.[HH]. The Bertz CT molecular complexity index is 235. The molecule has 0 aromatic heterocycles. The summed E-state index contributed by atoms with van der Waals surface area (Å²) in [7, 11) is 2.02. The van der Waals surface area contributed by atoms with Gasteiger partial charge >= 0.3 is 0 Å². The van der Waals surface area contributed by atoms with Crippen molar-refractivity contribution in [3.63, 3.8) is 0 Å². The standard InChI is InChI=1S/C10H15NO.H2/c1-11-9-6-7-12-10-5-3-2-4-8(9)10;/h2,4,9,11H,3,5-7H2,1H3;1H/t9-;/m1./s1. The number of allylic oxidation sites excluding steroid dienone is 2. The van der Waals surface area contributed by atoms with Gasteiger partial charge in [0.1, 0.15) is 5.76 Å². The summed E-state index contributed by atoms with van der Waals surface area (Å²) in [5.41, 5.74) is 1.37. The van der Waals surface area contributed by atoms with Crippen molar-refractivity contribution >= 4 is 0 Å². The summed E-state index contributed by atoms with van der Waals surface area (Å²) in [6, 6.07) is 0.519. The molecule has 1 heterocycles. The lowest BCUT2D eigenvalue weighted by Crippen LogP contribution is -2.33. The predicted molar refractivity (Wildman–Crippen MR) is 50.9 cm³/mol. The molecule has 0 aromatic carbocycles. The van der Waals surface area contributed by atoms with Gasteiger partial charge in [0.15, 0.2) is 0 Å². The first kappa shape index (κ1) is 7.87. The molecule has 2 heteroatoms. The summed E-state index contributed by atoms with van der Waals surface area (Å²) in [4.78, 5) is 0. The van der Waals surface area contributed by atoms with Crippen LogP contribution in [0.4, 0.5) is 0 Å². The summed E-state index contributed by atoms with van der Waals surface area (Å²) >= 11 is 0. The summed E-state index contributed by atoms with van der Waals surface area (Å²) in [6.07, 6.45) is 7.76. The zero-order chi connectivity index (χ0) is 8.39. The van der Waals surface area contributed by atoms with Gasteiger partial charge in [-0.1, -0.05) is 12.2 Å². The van der Waals surface area contributed by atoms with E-state index in [9.17, 15) is 0 Å². The van der Waals surface area contributed by atoms with E-state index >= 15 is 0 Å². The average Bonchev–Trinajstić information content (AvgIpc) is 2.17. The van der Waals surface area contributed by atoms with Crippen molar-refractivity contribution in [1.82, 2.24) is 5.32 Å². The Balaban J connectivity index is 0.000000845. The van der Waals surface area contributed by atoms with Crippen LogP contribution in [0.25, 0.3) is 0 Å². The zero-order valence-corrected chi connectivity index (χ0v) is 7.47. The Hall–Kier alpha value is -0.760. The van der Waals surface area contributed by atoms with E-state index in [-0.39, 0.29) is 1.43 Å². The van der Waals surface area contributed by atoms with Crippen LogP contribution in [-0.2, 0) is 4.74 Å². The fourth-order valence-electron chi connectivity index (χ4n) is 1.88. The molecule has 0 saturated carbocycles. The molecule has 0 spiro atoms. The number of hydrogen-bond donors (Lipinski definition) is 1. The van der Waals surface area contributed by atoms with Crippen LogP contribution < -0.4 is 5.32 Å². The second kappa shape index (κ2) is 3.31. The highest BCUT2D eigenvalue weighted by atomic mass is 16.5. The van der Waals surface area contributed by atoms with Crippen LogP contribution in [0.15, 0.2) is 23.5 Å². The third kappa shape index (κ3) is 1.27. The Labute approximate surface area is 74.8 Å². The number of rotatable bonds is 1. The van der Waals surface area contributed by atoms with Gasteiger partial charge in [0, 0.05) is 25.9 Å². The molecule has 0 aromatic rings. The minimum Gasteiger partial charge on any atom is -0.498 e. The quantitative estimate of drug-likeness (QED) is 0.643. The molecule has 0 saturated heterocycles. The fourth-order valence-corrected chi connectivity index (χ4v) is 1.88. The van der Waals surface area contributed by atoms with Crippen molar-refractivity contribution in [1.29, 1.82) is 0 Å². The highest BCUT2D eigenvalue weighted by Crippen LogP contribution is 2.27. The molecule has 12 heavy (non-hydrogen) atoms. The smallest absolute Gasteiger partial charge is 0.101 e. The molecule has 0 bridgehead atoms. The van der Waals surface area contributed by atoms with Crippen molar-refractivity contribution in [2.75, 3.05) is 13.7 Å². The van der Waals surface area contributed by atoms with Gasteiger partial charge in [-0.3, -0.25) is 0 Å². The number of likely N-dealkylation sites (N-methyl/N-ethyl adjacent to an activating group) is 1. The highest BCUT2D eigenvalue weighted by molar-refractivity contribution is 5.32. The van der Waals surface area contributed by atoms with Gasteiger partial charge in [-0.25, -0.2) is 0 Å². The van der Waals surface area contributed by atoms with E-state index in [0.29, 0.717) is 6.04 Å². The van der Waals surface area contributed by atoms with Crippen LogP contribution in [0.1, 0.15) is 20.7 Å². The van der Waals surface area contributed by atoms with Crippen LogP contribution in [0.2, 0.25) is 0 Å². The third-order valence-corrected chi connectivity index (χ3v) is 2.56. The molecular weight excluding hydrogens is 150 g/mol. The van der Waals surface area contributed by atoms with Crippen molar-refractivity contribution < 1.29 is 6.16 Å². The molecule has 2 aliphatic rings.